The fourth-order valence-electron chi connectivity index (χ4n) is 4.07. The average molecular weight is 412 g/mol. The number of ketones is 1. The number of aryl methyl sites for hydroxylation is 1. The summed E-state index contributed by atoms with van der Waals surface area (Å²) in [5, 5.41) is 23.9. The van der Waals surface area contributed by atoms with Crippen LogP contribution < -0.4 is 10.1 Å². The summed E-state index contributed by atoms with van der Waals surface area (Å²) in [6, 6.07) is 16.7. The standard InChI is InChI=1S/C25H20N2O4/c1-26-16-8-6-14(7-9-16)18-4-3-5-19-23(18)15(13-27(19)2)10-22-25(30)24-20(29)11-17(28)12-21(24)31-22/h3-13,26,28-29H,1-2H3/b22-10-. The van der Waals surface area contributed by atoms with Crippen molar-refractivity contribution in [2.45, 2.75) is 0 Å². The van der Waals surface area contributed by atoms with Crippen LogP contribution in [0.1, 0.15) is 15.9 Å². The highest BCUT2D eigenvalue weighted by Gasteiger charge is 2.31. The summed E-state index contributed by atoms with van der Waals surface area (Å²) >= 11 is 0. The number of hydrogen-bond acceptors (Lipinski definition) is 5. The quantitative estimate of drug-likeness (QED) is 0.416. The van der Waals surface area contributed by atoms with Gasteiger partial charge < -0.3 is 24.8 Å². The van der Waals surface area contributed by atoms with Crippen molar-refractivity contribution in [2.24, 2.45) is 7.05 Å². The summed E-state index contributed by atoms with van der Waals surface area (Å²) in [5.74, 6) is -0.629. The molecule has 4 aromatic rings. The minimum Gasteiger partial charge on any atom is -0.508 e. The second-order valence-corrected chi connectivity index (χ2v) is 7.50. The van der Waals surface area contributed by atoms with Crippen LogP contribution in [0.15, 0.2) is 66.6 Å². The molecule has 1 aliphatic rings. The number of carbonyl (C=O) groups excluding carboxylic acids is 1. The van der Waals surface area contributed by atoms with Crippen molar-refractivity contribution in [1.82, 2.24) is 4.57 Å². The monoisotopic (exact) mass is 412 g/mol. The normalized spacial score (nSPS) is 14.1. The third-order valence-electron chi connectivity index (χ3n) is 5.55. The van der Waals surface area contributed by atoms with Gasteiger partial charge in [-0.15, -0.1) is 0 Å². The predicted octanol–water partition coefficient (Wildman–Crippen LogP) is 4.91. The molecule has 0 fully saturated rings. The number of nitrogens with one attached hydrogen (secondary N) is 1. The number of aromatic nitrogens is 1. The Kier molecular flexibility index (Phi) is 4.22. The van der Waals surface area contributed by atoms with Crippen LogP contribution in [-0.4, -0.2) is 27.6 Å². The SMILES string of the molecule is CNc1ccc(-c2cccc3c2c(/C=C2\Oc4cc(O)cc(O)c4C2=O)cn3C)cc1. The van der Waals surface area contributed by atoms with Gasteiger partial charge in [-0.3, -0.25) is 4.79 Å². The first-order valence-corrected chi connectivity index (χ1v) is 9.82. The van der Waals surface area contributed by atoms with Crippen LogP contribution in [0.4, 0.5) is 5.69 Å². The molecule has 6 heteroatoms. The van der Waals surface area contributed by atoms with Gasteiger partial charge in [-0.2, -0.15) is 0 Å². The first-order chi connectivity index (χ1) is 15.0. The van der Waals surface area contributed by atoms with E-state index in [0.29, 0.717) is 0 Å². The maximum atomic E-state index is 12.9. The van der Waals surface area contributed by atoms with Crippen LogP contribution in [-0.2, 0) is 7.05 Å². The van der Waals surface area contributed by atoms with Crippen LogP contribution in [0.5, 0.6) is 17.2 Å². The number of carbonyl (C=O) groups is 1. The molecule has 0 saturated heterocycles. The third kappa shape index (κ3) is 3.00. The zero-order valence-electron chi connectivity index (χ0n) is 17.0. The molecule has 0 atom stereocenters. The fourth-order valence-corrected chi connectivity index (χ4v) is 4.07. The van der Waals surface area contributed by atoms with Crippen molar-refractivity contribution in [3.05, 3.63) is 77.7 Å². The number of Topliss-reactive ketones (excluding diaryl/α,β-unsaturated/α-hetero) is 1. The van der Waals surface area contributed by atoms with Crippen molar-refractivity contribution in [3.8, 4) is 28.4 Å². The Balaban J connectivity index is 1.66. The molecule has 3 N–H and O–H groups in total. The van der Waals surface area contributed by atoms with Crippen LogP contribution in [0.2, 0.25) is 0 Å². The second-order valence-electron chi connectivity index (χ2n) is 7.50. The van der Waals surface area contributed by atoms with Gasteiger partial charge in [-0.05, 0) is 35.4 Å². The third-order valence-corrected chi connectivity index (χ3v) is 5.55. The largest absolute Gasteiger partial charge is 0.508 e. The first-order valence-electron chi connectivity index (χ1n) is 9.82. The Morgan fingerprint density at radius 1 is 1.06 bits per heavy atom. The van der Waals surface area contributed by atoms with E-state index in [1.165, 1.54) is 6.07 Å². The maximum absolute atomic E-state index is 12.9. The zero-order chi connectivity index (χ0) is 21.7. The number of anilines is 1. The molecule has 0 spiro atoms. The maximum Gasteiger partial charge on any atom is 0.235 e. The van der Waals surface area contributed by atoms with E-state index in [2.05, 4.69) is 23.5 Å². The van der Waals surface area contributed by atoms with E-state index in [4.69, 9.17) is 4.74 Å². The van der Waals surface area contributed by atoms with E-state index in [-0.39, 0.29) is 28.6 Å². The van der Waals surface area contributed by atoms with Crippen LogP contribution in [0.3, 0.4) is 0 Å². The van der Waals surface area contributed by atoms with Gasteiger partial charge in [0.05, 0.1) is 0 Å². The zero-order valence-corrected chi connectivity index (χ0v) is 17.0. The number of ether oxygens (including phenoxy) is 1. The summed E-state index contributed by atoms with van der Waals surface area (Å²) in [5.41, 5.74) is 5.02. The molecule has 5 rings (SSSR count). The molecule has 0 saturated carbocycles. The predicted molar refractivity (Wildman–Crippen MR) is 121 cm³/mol. The lowest BCUT2D eigenvalue weighted by molar-refractivity contribution is 0.101. The number of phenols is 2. The summed E-state index contributed by atoms with van der Waals surface area (Å²) in [6.07, 6.45) is 3.63. The number of benzene rings is 3. The van der Waals surface area contributed by atoms with Crippen LogP contribution in [0, 0.1) is 0 Å². The van der Waals surface area contributed by atoms with Gasteiger partial charge >= 0.3 is 0 Å². The summed E-state index contributed by atoms with van der Waals surface area (Å²) in [6.45, 7) is 0. The van der Waals surface area contributed by atoms with Crippen molar-refractivity contribution in [1.29, 1.82) is 0 Å². The van der Waals surface area contributed by atoms with E-state index in [1.807, 2.05) is 49.1 Å². The molecule has 0 radical (unpaired) electrons. The first kappa shape index (κ1) is 18.8. The molecule has 0 amide bonds. The van der Waals surface area contributed by atoms with Gasteiger partial charge in [0, 0.05) is 54.6 Å². The molecule has 1 aromatic heterocycles. The number of rotatable bonds is 3. The fraction of sp³-hybridized carbons (Fsp3) is 0.0800. The molecule has 0 bridgehead atoms. The molecule has 6 nitrogen and oxygen atoms in total. The van der Waals surface area contributed by atoms with Crippen molar-refractivity contribution in [2.75, 3.05) is 12.4 Å². The second kappa shape index (κ2) is 6.95. The smallest absolute Gasteiger partial charge is 0.235 e. The van der Waals surface area contributed by atoms with E-state index < -0.39 is 5.78 Å². The van der Waals surface area contributed by atoms with Crippen LogP contribution >= 0.6 is 0 Å². The van der Waals surface area contributed by atoms with Crippen molar-refractivity contribution >= 4 is 28.4 Å². The van der Waals surface area contributed by atoms with E-state index in [1.54, 1.807) is 6.08 Å². The molecule has 3 aromatic carbocycles. The lowest BCUT2D eigenvalue weighted by atomic mass is 9.98. The lowest BCUT2D eigenvalue weighted by Gasteiger charge is -2.08. The van der Waals surface area contributed by atoms with Crippen molar-refractivity contribution < 1.29 is 19.7 Å². The molecule has 154 valence electrons. The Bertz CT molecular complexity index is 1380. The molecule has 1 aliphatic heterocycles. The number of fused-ring (bicyclic) bond motifs is 2. The van der Waals surface area contributed by atoms with Gasteiger partial charge in [-0.1, -0.05) is 24.3 Å². The molecule has 0 unspecified atom stereocenters. The number of phenolic OH excluding ortho intramolecular Hbond substituents is 2. The Hall–Kier alpha value is -4.19. The topological polar surface area (TPSA) is 83.7 Å². The number of nitrogens with zero attached hydrogens (tertiary/aromatic N) is 1. The molecule has 0 aliphatic carbocycles. The number of aromatic hydroxyl groups is 2. The molecule has 2 heterocycles. The van der Waals surface area contributed by atoms with Gasteiger partial charge in [-0.25, -0.2) is 0 Å². The minimum atomic E-state index is -0.416. The Labute approximate surface area is 178 Å². The van der Waals surface area contributed by atoms with E-state index in [9.17, 15) is 15.0 Å². The number of allylic oxidation sites excluding steroid dienone is 1. The Morgan fingerprint density at radius 3 is 2.58 bits per heavy atom. The van der Waals surface area contributed by atoms with Gasteiger partial charge in [0.2, 0.25) is 5.78 Å². The van der Waals surface area contributed by atoms with Gasteiger partial charge in [0.15, 0.2) is 5.76 Å². The average Bonchev–Trinajstić information content (AvgIpc) is 3.25. The highest BCUT2D eigenvalue weighted by molar-refractivity contribution is 6.17. The lowest BCUT2D eigenvalue weighted by Crippen LogP contribution is -1.98. The van der Waals surface area contributed by atoms with Crippen molar-refractivity contribution in [3.63, 3.8) is 0 Å². The van der Waals surface area contributed by atoms with E-state index in [0.717, 1.165) is 39.3 Å². The molecule has 31 heavy (non-hydrogen) atoms. The molecular weight excluding hydrogens is 392 g/mol. The highest BCUT2D eigenvalue weighted by atomic mass is 16.5. The summed E-state index contributed by atoms with van der Waals surface area (Å²) < 4.78 is 7.70. The Morgan fingerprint density at radius 2 is 1.84 bits per heavy atom. The summed E-state index contributed by atoms with van der Waals surface area (Å²) in [7, 11) is 3.83. The van der Waals surface area contributed by atoms with Gasteiger partial charge in [0.1, 0.15) is 22.8 Å². The van der Waals surface area contributed by atoms with Gasteiger partial charge in [0.25, 0.3) is 0 Å². The number of hydrogen-bond donors (Lipinski definition) is 3. The highest BCUT2D eigenvalue weighted by Crippen LogP contribution is 2.41. The minimum absolute atomic E-state index is 0.0622. The molecular formula is C25H20N2O4. The van der Waals surface area contributed by atoms with Crippen LogP contribution in [0.25, 0.3) is 28.1 Å². The summed E-state index contributed by atoms with van der Waals surface area (Å²) in [4.78, 5) is 12.9. The van der Waals surface area contributed by atoms with E-state index >= 15 is 0 Å².